The summed E-state index contributed by atoms with van der Waals surface area (Å²) < 4.78 is 5.20. The van der Waals surface area contributed by atoms with Gasteiger partial charge in [0.2, 0.25) is 0 Å². The first-order valence-corrected chi connectivity index (χ1v) is 8.62. The second-order valence-corrected chi connectivity index (χ2v) is 5.97. The molecule has 0 aliphatic heterocycles. The molecule has 142 valence electrons. The molecule has 2 aromatic rings. The molecule has 0 N–H and O–H groups in total. The van der Waals surface area contributed by atoms with E-state index in [0.29, 0.717) is 29.5 Å². The first-order chi connectivity index (χ1) is 13.0. The van der Waals surface area contributed by atoms with Crippen LogP contribution < -0.4 is 0 Å². The van der Waals surface area contributed by atoms with E-state index in [1.165, 1.54) is 0 Å². The lowest BCUT2D eigenvalue weighted by Crippen LogP contribution is -2.15. The third kappa shape index (κ3) is 6.22. The van der Waals surface area contributed by atoms with Gasteiger partial charge < -0.3 is 9.57 Å². The average Bonchev–Trinajstić information content (AvgIpc) is 2.69. The highest BCUT2D eigenvalue weighted by atomic mass is 16.9. The number of hydrogen-bond acceptors (Lipinski definition) is 6. The molecule has 7 nitrogen and oxygen atoms in total. The molecule has 7 heteroatoms. The second-order valence-electron chi connectivity index (χ2n) is 5.97. The van der Waals surface area contributed by atoms with E-state index in [-0.39, 0.29) is 19.0 Å². The lowest BCUT2D eigenvalue weighted by atomic mass is 9.96. The van der Waals surface area contributed by atoms with Crippen molar-refractivity contribution in [2.75, 3.05) is 13.2 Å². The van der Waals surface area contributed by atoms with E-state index in [4.69, 9.17) is 4.74 Å². The fraction of sp³-hybridized carbons (Fsp3) is 0.300. The summed E-state index contributed by atoms with van der Waals surface area (Å²) in [5.41, 5.74) is 1.79. The number of carbonyl (C=O) groups is 2. The Kier molecular flexibility index (Phi) is 7.49. The lowest BCUT2D eigenvalue weighted by molar-refractivity contribution is -0.757. The van der Waals surface area contributed by atoms with Crippen molar-refractivity contribution in [3.05, 3.63) is 81.4 Å². The number of ether oxygens (including phenoxy) is 1. The Bertz CT molecular complexity index is 790. The van der Waals surface area contributed by atoms with Gasteiger partial charge in [0, 0.05) is 11.1 Å². The molecular weight excluding hydrogens is 350 g/mol. The van der Waals surface area contributed by atoms with Gasteiger partial charge in [-0.25, -0.2) is 0 Å². The molecule has 0 aliphatic rings. The molecule has 2 aromatic carbocycles. The van der Waals surface area contributed by atoms with Crippen LogP contribution >= 0.6 is 0 Å². The summed E-state index contributed by atoms with van der Waals surface area (Å²) in [5, 5.41) is 9.18. The zero-order valence-electron chi connectivity index (χ0n) is 15.0. The first kappa shape index (κ1) is 20.1. The lowest BCUT2D eigenvalue weighted by Gasteiger charge is -2.13. The van der Waals surface area contributed by atoms with E-state index in [0.717, 1.165) is 0 Å². The van der Waals surface area contributed by atoms with E-state index in [2.05, 4.69) is 4.84 Å². The number of hydrogen-bond donors (Lipinski definition) is 0. The first-order valence-electron chi connectivity index (χ1n) is 8.62. The van der Waals surface area contributed by atoms with Gasteiger partial charge in [0.1, 0.15) is 0 Å². The second kappa shape index (κ2) is 10.1. The van der Waals surface area contributed by atoms with E-state index >= 15 is 0 Å². The number of ketones is 1. The maximum atomic E-state index is 12.5. The van der Waals surface area contributed by atoms with Crippen molar-refractivity contribution in [2.24, 2.45) is 0 Å². The van der Waals surface area contributed by atoms with E-state index in [1.54, 1.807) is 55.5 Å². The Labute approximate surface area is 157 Å². The maximum absolute atomic E-state index is 12.5. The van der Waals surface area contributed by atoms with Crippen LogP contribution in [0.25, 0.3) is 0 Å². The molecule has 0 amide bonds. The highest BCUT2D eigenvalue weighted by Gasteiger charge is 2.18. The molecule has 0 aliphatic carbocycles. The van der Waals surface area contributed by atoms with Crippen molar-refractivity contribution in [3.63, 3.8) is 0 Å². The number of unbranched alkanes of at least 4 members (excludes halogenated alkanes) is 1. The van der Waals surface area contributed by atoms with Crippen LogP contribution in [0.5, 0.6) is 0 Å². The minimum atomic E-state index is -0.849. The number of esters is 1. The molecule has 0 bridgehead atoms. The fourth-order valence-corrected chi connectivity index (χ4v) is 2.48. The SMILES string of the molecule is CC(C(=O)OCCCCO[N+](=O)[O-])c1cccc(C(=O)c2ccccc2)c1. The number of benzene rings is 2. The smallest absolute Gasteiger partial charge is 0.313 e. The van der Waals surface area contributed by atoms with Crippen molar-refractivity contribution < 1.29 is 24.3 Å². The Morgan fingerprint density at radius 1 is 1.00 bits per heavy atom. The van der Waals surface area contributed by atoms with E-state index in [1.807, 2.05) is 6.07 Å². The van der Waals surface area contributed by atoms with E-state index in [9.17, 15) is 19.7 Å². The van der Waals surface area contributed by atoms with Gasteiger partial charge in [-0.3, -0.25) is 9.59 Å². The van der Waals surface area contributed by atoms with Crippen molar-refractivity contribution in [2.45, 2.75) is 25.7 Å². The average molecular weight is 371 g/mol. The molecule has 0 heterocycles. The van der Waals surface area contributed by atoms with Gasteiger partial charge in [0.15, 0.2) is 5.78 Å². The molecule has 1 atom stereocenters. The standard InChI is InChI=1S/C20H21NO6/c1-15(20(23)26-12-5-6-13-27-21(24)25)17-10-7-11-18(14-17)19(22)16-8-3-2-4-9-16/h2-4,7-11,14-15H,5-6,12-13H2,1H3. The Hall–Kier alpha value is -3.22. The molecule has 0 aromatic heterocycles. The molecule has 27 heavy (non-hydrogen) atoms. The van der Waals surface area contributed by atoms with Crippen LogP contribution in [0.15, 0.2) is 54.6 Å². The van der Waals surface area contributed by atoms with Crippen molar-refractivity contribution in [1.29, 1.82) is 0 Å². The molecule has 0 spiro atoms. The van der Waals surface area contributed by atoms with Crippen LogP contribution in [0.3, 0.4) is 0 Å². The number of rotatable bonds is 10. The van der Waals surface area contributed by atoms with Crippen LogP contribution in [0, 0.1) is 10.1 Å². The molecule has 0 radical (unpaired) electrons. The summed E-state index contributed by atoms with van der Waals surface area (Å²) in [6.45, 7) is 1.85. The Morgan fingerprint density at radius 3 is 2.37 bits per heavy atom. The van der Waals surface area contributed by atoms with Crippen molar-refractivity contribution in [1.82, 2.24) is 0 Å². The van der Waals surface area contributed by atoms with Crippen molar-refractivity contribution >= 4 is 11.8 Å². The maximum Gasteiger partial charge on any atom is 0.313 e. The molecule has 0 fully saturated rings. The van der Waals surface area contributed by atoms with Gasteiger partial charge in [0.05, 0.1) is 19.1 Å². The molecular formula is C20H21NO6. The minimum absolute atomic E-state index is 0.0241. The summed E-state index contributed by atoms with van der Waals surface area (Å²) in [6.07, 6.45) is 0.891. The highest BCUT2D eigenvalue weighted by molar-refractivity contribution is 6.09. The van der Waals surface area contributed by atoms with Crippen LogP contribution in [0.1, 0.15) is 47.2 Å². The molecule has 0 saturated carbocycles. The Morgan fingerprint density at radius 2 is 1.67 bits per heavy atom. The third-order valence-corrected chi connectivity index (χ3v) is 4.02. The van der Waals surface area contributed by atoms with Gasteiger partial charge in [0.25, 0.3) is 5.09 Å². The normalized spacial score (nSPS) is 11.4. The largest absolute Gasteiger partial charge is 0.465 e. The van der Waals surface area contributed by atoms with Gasteiger partial charge in [-0.1, -0.05) is 48.5 Å². The molecule has 1 unspecified atom stereocenters. The predicted molar refractivity (Wildman–Crippen MR) is 97.9 cm³/mol. The van der Waals surface area contributed by atoms with E-state index < -0.39 is 17.0 Å². The van der Waals surface area contributed by atoms with Gasteiger partial charge >= 0.3 is 5.97 Å². The number of nitrogens with zero attached hydrogens (tertiary/aromatic N) is 1. The highest BCUT2D eigenvalue weighted by Crippen LogP contribution is 2.20. The van der Waals surface area contributed by atoms with Crippen LogP contribution in [-0.4, -0.2) is 30.1 Å². The summed E-state index contributed by atoms with van der Waals surface area (Å²) in [6, 6.07) is 15.9. The topological polar surface area (TPSA) is 95.7 Å². The number of carbonyl (C=O) groups excluding carboxylic acids is 2. The third-order valence-electron chi connectivity index (χ3n) is 4.02. The summed E-state index contributed by atoms with van der Waals surface area (Å²) in [4.78, 5) is 38.9. The summed E-state index contributed by atoms with van der Waals surface area (Å²) >= 11 is 0. The molecule has 0 saturated heterocycles. The van der Waals surface area contributed by atoms with Gasteiger partial charge in [-0.15, -0.1) is 10.1 Å². The van der Waals surface area contributed by atoms with Crippen LogP contribution in [-0.2, 0) is 14.4 Å². The zero-order chi connectivity index (χ0) is 19.6. The van der Waals surface area contributed by atoms with Gasteiger partial charge in [-0.05, 0) is 31.4 Å². The Balaban J connectivity index is 1.90. The van der Waals surface area contributed by atoms with Crippen LogP contribution in [0.2, 0.25) is 0 Å². The zero-order valence-corrected chi connectivity index (χ0v) is 15.0. The summed E-state index contributed by atoms with van der Waals surface area (Å²) in [5.74, 6) is -1.04. The van der Waals surface area contributed by atoms with Gasteiger partial charge in [-0.2, -0.15) is 0 Å². The quantitative estimate of drug-likeness (QED) is 0.208. The molecule has 2 rings (SSSR count). The van der Waals surface area contributed by atoms with Crippen molar-refractivity contribution in [3.8, 4) is 0 Å². The monoisotopic (exact) mass is 371 g/mol. The fourth-order valence-electron chi connectivity index (χ4n) is 2.48. The minimum Gasteiger partial charge on any atom is -0.465 e. The predicted octanol–water partition coefficient (Wildman–Crippen LogP) is 3.55. The van der Waals surface area contributed by atoms with Crippen LogP contribution in [0.4, 0.5) is 0 Å². The summed E-state index contributed by atoms with van der Waals surface area (Å²) in [7, 11) is 0.